The Morgan fingerprint density at radius 3 is 1.85 bits per heavy atom. The lowest BCUT2D eigenvalue weighted by Gasteiger charge is -2.13. The van der Waals surface area contributed by atoms with E-state index in [0.29, 0.717) is 0 Å². The van der Waals surface area contributed by atoms with Crippen LogP contribution in [0.15, 0.2) is 25.3 Å². The number of phosphoric ester groups is 1. The molecule has 0 atom stereocenters. The lowest BCUT2D eigenvalue weighted by Crippen LogP contribution is -1.97. The third kappa shape index (κ3) is 6.69. The van der Waals surface area contributed by atoms with Crippen LogP contribution in [0.5, 0.6) is 0 Å². The van der Waals surface area contributed by atoms with Crippen molar-refractivity contribution in [3.05, 3.63) is 25.3 Å². The van der Waals surface area contributed by atoms with Crippen LogP contribution in [0.4, 0.5) is 0 Å². The summed E-state index contributed by atoms with van der Waals surface area (Å²) in [6, 6.07) is 0. The van der Waals surface area contributed by atoms with Gasteiger partial charge in [0.2, 0.25) is 0 Å². The van der Waals surface area contributed by atoms with Crippen LogP contribution in [0, 0.1) is 0 Å². The summed E-state index contributed by atoms with van der Waals surface area (Å²) in [5.41, 5.74) is 0. The van der Waals surface area contributed by atoms with Crippen molar-refractivity contribution in [1.82, 2.24) is 6.15 Å². The van der Waals surface area contributed by atoms with Gasteiger partial charge in [0.25, 0.3) is 0 Å². The van der Waals surface area contributed by atoms with Gasteiger partial charge in [-0.2, -0.15) is 0 Å². The molecule has 0 spiro atoms. The molecule has 0 unspecified atom stereocenters. The molecular formula is C7H16NO4P. The second-order valence-corrected chi connectivity index (χ2v) is 3.57. The van der Waals surface area contributed by atoms with Crippen LogP contribution >= 0.6 is 7.82 Å². The summed E-state index contributed by atoms with van der Waals surface area (Å²) in [7, 11) is -2.12. The molecule has 0 radical (unpaired) electrons. The summed E-state index contributed by atoms with van der Waals surface area (Å²) in [6.07, 6.45) is 2.92. The van der Waals surface area contributed by atoms with Crippen LogP contribution < -0.4 is 6.15 Å². The normalized spacial score (nSPS) is 10.2. The van der Waals surface area contributed by atoms with E-state index < -0.39 is 7.82 Å². The zero-order valence-corrected chi connectivity index (χ0v) is 8.66. The maximum atomic E-state index is 11.3. The summed E-state index contributed by atoms with van der Waals surface area (Å²) in [4.78, 5) is 0. The first-order chi connectivity index (χ1) is 5.68. The highest BCUT2D eigenvalue weighted by Crippen LogP contribution is 2.48. The number of hydrogen-bond donors (Lipinski definition) is 1. The SMILES string of the molecule is C=CCOP(=O)(OC)OCC=C.N. The number of hydrogen-bond acceptors (Lipinski definition) is 5. The lowest BCUT2D eigenvalue weighted by atomic mass is 10.7. The quantitative estimate of drug-likeness (QED) is 0.514. The van der Waals surface area contributed by atoms with Crippen molar-refractivity contribution < 1.29 is 18.1 Å². The van der Waals surface area contributed by atoms with Crippen LogP contribution in [0.3, 0.4) is 0 Å². The van der Waals surface area contributed by atoms with Crippen molar-refractivity contribution in [3.63, 3.8) is 0 Å². The molecule has 0 amide bonds. The van der Waals surface area contributed by atoms with Gasteiger partial charge < -0.3 is 6.15 Å². The molecule has 0 saturated heterocycles. The third-order valence-electron chi connectivity index (χ3n) is 0.925. The van der Waals surface area contributed by atoms with Crippen LogP contribution in [0.25, 0.3) is 0 Å². The summed E-state index contributed by atoms with van der Waals surface area (Å²) in [5.74, 6) is 0. The average molecular weight is 209 g/mol. The fourth-order valence-electron chi connectivity index (χ4n) is 0.431. The second kappa shape index (κ2) is 8.16. The van der Waals surface area contributed by atoms with Crippen molar-refractivity contribution in [2.45, 2.75) is 0 Å². The van der Waals surface area contributed by atoms with Gasteiger partial charge in [-0.1, -0.05) is 12.2 Å². The Labute approximate surface area is 78.6 Å². The van der Waals surface area contributed by atoms with E-state index in [9.17, 15) is 4.57 Å². The minimum absolute atomic E-state index is 0. The molecular weight excluding hydrogens is 193 g/mol. The molecule has 0 aliphatic heterocycles. The van der Waals surface area contributed by atoms with E-state index in [1.165, 1.54) is 19.3 Å². The molecule has 0 heterocycles. The fraction of sp³-hybridized carbons (Fsp3) is 0.429. The Hall–Kier alpha value is -0.450. The topological polar surface area (TPSA) is 79.8 Å². The van der Waals surface area contributed by atoms with Gasteiger partial charge in [0.1, 0.15) is 0 Å². The van der Waals surface area contributed by atoms with Crippen molar-refractivity contribution in [2.75, 3.05) is 20.3 Å². The van der Waals surface area contributed by atoms with Gasteiger partial charge in [0.05, 0.1) is 13.2 Å². The largest absolute Gasteiger partial charge is 0.475 e. The number of phosphoric acid groups is 1. The van der Waals surface area contributed by atoms with Crippen molar-refractivity contribution >= 4 is 7.82 Å². The molecule has 0 saturated carbocycles. The van der Waals surface area contributed by atoms with Crippen molar-refractivity contribution in [3.8, 4) is 0 Å². The first-order valence-corrected chi connectivity index (χ1v) is 4.81. The molecule has 0 bridgehead atoms. The molecule has 6 heteroatoms. The second-order valence-electron chi connectivity index (χ2n) is 1.80. The molecule has 78 valence electrons. The van der Waals surface area contributed by atoms with Gasteiger partial charge in [-0.25, -0.2) is 4.57 Å². The molecule has 0 aromatic heterocycles. The predicted molar refractivity (Wildman–Crippen MR) is 51.9 cm³/mol. The lowest BCUT2D eigenvalue weighted by molar-refractivity contribution is 0.152. The highest BCUT2D eigenvalue weighted by atomic mass is 31.2. The van der Waals surface area contributed by atoms with E-state index in [0.717, 1.165) is 0 Å². The van der Waals surface area contributed by atoms with E-state index in [2.05, 4.69) is 17.7 Å². The van der Waals surface area contributed by atoms with Gasteiger partial charge in [-0.15, -0.1) is 13.2 Å². The number of rotatable bonds is 7. The molecule has 0 aliphatic carbocycles. The Bertz CT molecular complexity index is 179. The van der Waals surface area contributed by atoms with Gasteiger partial charge in [0, 0.05) is 7.11 Å². The van der Waals surface area contributed by atoms with Gasteiger partial charge in [-0.3, -0.25) is 13.6 Å². The fourth-order valence-corrected chi connectivity index (χ4v) is 1.29. The Morgan fingerprint density at radius 1 is 1.23 bits per heavy atom. The van der Waals surface area contributed by atoms with Gasteiger partial charge in [0.15, 0.2) is 0 Å². The van der Waals surface area contributed by atoms with Crippen LogP contribution in [0.2, 0.25) is 0 Å². The summed E-state index contributed by atoms with van der Waals surface area (Å²) >= 11 is 0. The molecule has 3 N–H and O–H groups in total. The molecule has 0 rings (SSSR count). The van der Waals surface area contributed by atoms with Crippen LogP contribution in [-0.2, 0) is 18.1 Å². The summed E-state index contributed by atoms with van der Waals surface area (Å²) in [6.45, 7) is 7.06. The van der Waals surface area contributed by atoms with E-state index in [1.54, 1.807) is 0 Å². The van der Waals surface area contributed by atoms with Crippen molar-refractivity contribution in [2.24, 2.45) is 0 Å². The molecule has 13 heavy (non-hydrogen) atoms. The Balaban J connectivity index is 0. The van der Waals surface area contributed by atoms with Crippen LogP contribution in [0.1, 0.15) is 0 Å². The standard InChI is InChI=1S/C7H13O4P.H3N/c1-4-6-10-12(8,9-3)11-7-5-2;/h4-5H,1-2,6-7H2,3H3;1H3. The maximum absolute atomic E-state index is 11.3. The van der Waals surface area contributed by atoms with E-state index in [-0.39, 0.29) is 19.4 Å². The monoisotopic (exact) mass is 209 g/mol. The molecule has 0 fully saturated rings. The van der Waals surface area contributed by atoms with E-state index >= 15 is 0 Å². The minimum atomic E-state index is -3.38. The third-order valence-corrected chi connectivity index (χ3v) is 2.30. The van der Waals surface area contributed by atoms with Gasteiger partial charge in [-0.05, 0) is 0 Å². The van der Waals surface area contributed by atoms with Gasteiger partial charge >= 0.3 is 7.82 Å². The predicted octanol–water partition coefficient (Wildman–Crippen LogP) is 2.31. The summed E-state index contributed by atoms with van der Waals surface area (Å²) < 4.78 is 25.4. The molecule has 0 aliphatic rings. The first-order valence-electron chi connectivity index (χ1n) is 3.35. The van der Waals surface area contributed by atoms with E-state index in [1.807, 2.05) is 0 Å². The maximum Gasteiger partial charge on any atom is 0.475 e. The minimum Gasteiger partial charge on any atom is -0.344 e. The zero-order valence-electron chi connectivity index (χ0n) is 7.77. The van der Waals surface area contributed by atoms with Crippen molar-refractivity contribution in [1.29, 1.82) is 0 Å². The van der Waals surface area contributed by atoms with E-state index in [4.69, 9.17) is 9.05 Å². The Kier molecular flexibility index (Phi) is 9.44. The summed E-state index contributed by atoms with van der Waals surface area (Å²) in [5, 5.41) is 0. The highest BCUT2D eigenvalue weighted by molar-refractivity contribution is 7.48. The zero-order chi connectivity index (χ0) is 9.45. The molecule has 0 aromatic carbocycles. The molecule has 5 nitrogen and oxygen atoms in total. The average Bonchev–Trinajstić information content (AvgIpc) is 2.11. The molecule has 0 aromatic rings. The Morgan fingerprint density at radius 2 is 1.62 bits per heavy atom. The highest BCUT2D eigenvalue weighted by Gasteiger charge is 2.22. The first kappa shape index (κ1) is 15.0. The smallest absolute Gasteiger partial charge is 0.344 e. The van der Waals surface area contributed by atoms with Crippen LogP contribution in [-0.4, -0.2) is 20.3 Å².